The van der Waals surface area contributed by atoms with Gasteiger partial charge in [0.05, 0.1) is 0 Å². The normalized spacial score (nSPS) is 11.0. The van der Waals surface area contributed by atoms with Crippen LogP contribution in [0.1, 0.15) is 5.56 Å². The number of halogens is 1. The van der Waals surface area contributed by atoms with E-state index in [1.54, 1.807) is 6.20 Å². The van der Waals surface area contributed by atoms with Gasteiger partial charge in [0, 0.05) is 0 Å². The van der Waals surface area contributed by atoms with Crippen molar-refractivity contribution in [1.82, 2.24) is 4.98 Å². The number of pyridine rings is 1. The SMILES string of the molecule is C[AsH]Cc1cccnc1Cl. The van der Waals surface area contributed by atoms with E-state index >= 15 is 0 Å². The van der Waals surface area contributed by atoms with E-state index in [9.17, 15) is 0 Å². The summed E-state index contributed by atoms with van der Waals surface area (Å²) in [5.74, 6) is 0. The van der Waals surface area contributed by atoms with Gasteiger partial charge >= 0.3 is 72.3 Å². The third-order valence-corrected chi connectivity index (χ3v) is 3.08. The van der Waals surface area contributed by atoms with Gasteiger partial charge in [0.15, 0.2) is 0 Å². The van der Waals surface area contributed by atoms with E-state index < -0.39 is 0 Å². The third kappa shape index (κ3) is 2.00. The van der Waals surface area contributed by atoms with Gasteiger partial charge in [0.25, 0.3) is 0 Å². The number of rotatable bonds is 2. The first-order valence-electron chi connectivity index (χ1n) is 3.08. The molecule has 0 aliphatic heterocycles. The molecular weight excluding hydrogens is 208 g/mol. The summed E-state index contributed by atoms with van der Waals surface area (Å²) < 4.78 is 0. The van der Waals surface area contributed by atoms with Crippen molar-refractivity contribution in [2.75, 3.05) is 0 Å². The summed E-state index contributed by atoms with van der Waals surface area (Å²) in [5, 5.41) is 1.82. The fourth-order valence-corrected chi connectivity index (χ4v) is 2.56. The predicted octanol–water partition coefficient (Wildman–Crippen LogP) is 1.72. The molecule has 3 heteroatoms. The zero-order valence-corrected chi connectivity index (χ0v) is 8.62. The second kappa shape index (κ2) is 4.00. The van der Waals surface area contributed by atoms with Gasteiger partial charge in [-0.3, -0.25) is 0 Å². The van der Waals surface area contributed by atoms with Gasteiger partial charge in [-0.25, -0.2) is 0 Å². The van der Waals surface area contributed by atoms with Crippen LogP contribution >= 0.6 is 11.6 Å². The minimum atomic E-state index is 0.175. The standard InChI is InChI=1S/C7H9AsClN/c1-8-5-6-3-2-4-10-7(6)9/h2-4,8H,5H2,1H3. The third-order valence-electron chi connectivity index (χ3n) is 1.20. The summed E-state index contributed by atoms with van der Waals surface area (Å²) in [7, 11) is 0. The molecule has 0 aliphatic rings. The molecule has 0 radical (unpaired) electrons. The fourth-order valence-electron chi connectivity index (χ4n) is 0.742. The maximum atomic E-state index is 5.81. The van der Waals surface area contributed by atoms with E-state index in [-0.39, 0.29) is 15.8 Å². The van der Waals surface area contributed by atoms with E-state index in [4.69, 9.17) is 11.6 Å². The van der Waals surface area contributed by atoms with Crippen molar-refractivity contribution in [3.05, 3.63) is 29.0 Å². The van der Waals surface area contributed by atoms with Crippen molar-refractivity contribution in [1.29, 1.82) is 0 Å². The molecule has 1 unspecified atom stereocenters. The Labute approximate surface area is 72.5 Å². The van der Waals surface area contributed by atoms with Crippen molar-refractivity contribution >= 4 is 27.4 Å². The Morgan fingerprint density at radius 3 is 3.10 bits per heavy atom. The number of aromatic nitrogens is 1. The van der Waals surface area contributed by atoms with Crippen LogP contribution in [0.2, 0.25) is 10.9 Å². The van der Waals surface area contributed by atoms with Gasteiger partial charge in [-0.2, -0.15) is 0 Å². The van der Waals surface area contributed by atoms with Crippen molar-refractivity contribution in [3.63, 3.8) is 0 Å². The van der Waals surface area contributed by atoms with Crippen LogP contribution in [0.5, 0.6) is 0 Å². The van der Waals surface area contributed by atoms with Crippen LogP contribution in [0.3, 0.4) is 0 Å². The second-order valence-corrected chi connectivity index (χ2v) is 4.57. The molecule has 54 valence electrons. The first-order valence-corrected chi connectivity index (χ1v) is 7.04. The molecule has 0 bridgehead atoms. The Bertz CT molecular complexity index is 215. The molecule has 1 atom stereocenters. The Morgan fingerprint density at radius 2 is 2.50 bits per heavy atom. The molecule has 0 amide bonds. The molecule has 0 spiro atoms. The molecule has 0 fully saturated rings. The Balaban J connectivity index is 2.81. The average Bonchev–Trinajstić information content (AvgIpc) is 1.94. The molecule has 0 aromatic carbocycles. The van der Waals surface area contributed by atoms with E-state index in [0.29, 0.717) is 5.15 Å². The monoisotopic (exact) mass is 217 g/mol. The van der Waals surface area contributed by atoms with Gasteiger partial charge in [-0.15, -0.1) is 0 Å². The Morgan fingerprint density at radius 1 is 1.70 bits per heavy atom. The number of hydrogen-bond acceptors (Lipinski definition) is 1. The zero-order chi connectivity index (χ0) is 7.40. The maximum absolute atomic E-state index is 5.81. The fraction of sp³-hybridized carbons (Fsp3) is 0.286. The van der Waals surface area contributed by atoms with Crippen molar-refractivity contribution in [3.8, 4) is 0 Å². The summed E-state index contributed by atoms with van der Waals surface area (Å²) in [5.41, 5.74) is 3.45. The summed E-state index contributed by atoms with van der Waals surface area (Å²) >= 11 is 5.99. The molecule has 0 N–H and O–H groups in total. The van der Waals surface area contributed by atoms with E-state index in [0.717, 1.165) is 5.21 Å². The minimum absolute atomic E-state index is 0.175. The molecule has 0 saturated carbocycles. The van der Waals surface area contributed by atoms with Crippen molar-refractivity contribution in [2.45, 2.75) is 10.9 Å². The quantitative estimate of drug-likeness (QED) is 0.543. The first-order chi connectivity index (χ1) is 4.84. The van der Waals surface area contributed by atoms with E-state index in [2.05, 4.69) is 10.7 Å². The second-order valence-electron chi connectivity index (χ2n) is 1.98. The molecule has 1 heterocycles. The van der Waals surface area contributed by atoms with Crippen molar-refractivity contribution in [2.24, 2.45) is 0 Å². The van der Waals surface area contributed by atoms with Gasteiger partial charge < -0.3 is 0 Å². The predicted molar refractivity (Wildman–Crippen MR) is 46.0 cm³/mol. The molecular formula is C7H9AsClN. The zero-order valence-electron chi connectivity index (χ0n) is 5.76. The van der Waals surface area contributed by atoms with Crippen molar-refractivity contribution < 1.29 is 0 Å². The molecule has 1 aromatic heterocycles. The first kappa shape index (κ1) is 8.10. The molecule has 0 aliphatic carbocycles. The Hall–Kier alpha value is -0.00156. The van der Waals surface area contributed by atoms with Crippen LogP contribution < -0.4 is 0 Å². The molecule has 1 rings (SSSR count). The van der Waals surface area contributed by atoms with Crippen LogP contribution in [-0.4, -0.2) is 20.7 Å². The van der Waals surface area contributed by atoms with Crippen LogP contribution in [0.4, 0.5) is 0 Å². The van der Waals surface area contributed by atoms with Crippen LogP contribution in [-0.2, 0) is 5.21 Å². The van der Waals surface area contributed by atoms with E-state index in [1.165, 1.54) is 5.56 Å². The van der Waals surface area contributed by atoms with E-state index in [1.807, 2.05) is 12.1 Å². The average molecular weight is 218 g/mol. The topological polar surface area (TPSA) is 12.9 Å². The van der Waals surface area contributed by atoms with Gasteiger partial charge in [-0.1, -0.05) is 0 Å². The van der Waals surface area contributed by atoms with Crippen LogP contribution in [0.15, 0.2) is 18.3 Å². The molecule has 0 saturated heterocycles. The van der Waals surface area contributed by atoms with Crippen LogP contribution in [0, 0.1) is 0 Å². The number of nitrogens with zero attached hydrogens (tertiary/aromatic N) is 1. The number of hydrogen-bond donors (Lipinski definition) is 0. The van der Waals surface area contributed by atoms with Crippen LogP contribution in [0.25, 0.3) is 0 Å². The van der Waals surface area contributed by atoms with Gasteiger partial charge in [-0.05, 0) is 0 Å². The summed E-state index contributed by atoms with van der Waals surface area (Å²) in [4.78, 5) is 3.98. The summed E-state index contributed by atoms with van der Waals surface area (Å²) in [6, 6.07) is 3.98. The summed E-state index contributed by atoms with van der Waals surface area (Å²) in [6.07, 6.45) is 1.72. The van der Waals surface area contributed by atoms with Gasteiger partial charge in [0.1, 0.15) is 0 Å². The molecule has 10 heavy (non-hydrogen) atoms. The van der Waals surface area contributed by atoms with Gasteiger partial charge in [0.2, 0.25) is 0 Å². The molecule has 1 aromatic rings. The molecule has 1 nitrogen and oxygen atoms in total. The summed E-state index contributed by atoms with van der Waals surface area (Å²) in [6.45, 7) is 0. The Kier molecular flexibility index (Phi) is 3.24.